The summed E-state index contributed by atoms with van der Waals surface area (Å²) >= 11 is 5.31. The summed E-state index contributed by atoms with van der Waals surface area (Å²) in [6.07, 6.45) is 5.32. The molecule has 1 N–H and O–H groups in total. The highest BCUT2D eigenvalue weighted by Crippen LogP contribution is 2.11. The number of hydrogen-bond acceptors (Lipinski definition) is 2. The van der Waals surface area contributed by atoms with E-state index >= 15 is 0 Å². The van der Waals surface area contributed by atoms with Crippen molar-refractivity contribution in [3.63, 3.8) is 0 Å². The van der Waals surface area contributed by atoms with Crippen molar-refractivity contribution < 1.29 is 4.74 Å². The lowest BCUT2D eigenvalue weighted by molar-refractivity contribution is 0.113. The molecule has 0 aromatic rings. The molecule has 0 aromatic carbocycles. The molecule has 2 fully saturated rings. The Bertz CT molecular complexity index is 198. The molecule has 0 bridgehead atoms. The molecule has 3 nitrogen and oxygen atoms in total. The van der Waals surface area contributed by atoms with E-state index in [-0.39, 0.29) is 0 Å². The number of thiocarbonyl (C=S) groups is 1. The van der Waals surface area contributed by atoms with Crippen LogP contribution in [-0.2, 0) is 4.74 Å². The van der Waals surface area contributed by atoms with E-state index < -0.39 is 0 Å². The van der Waals surface area contributed by atoms with Crippen molar-refractivity contribution in [3.8, 4) is 0 Å². The van der Waals surface area contributed by atoms with Crippen LogP contribution in [0.5, 0.6) is 0 Å². The lowest BCUT2D eigenvalue weighted by Crippen LogP contribution is -2.41. The molecular weight excluding hydrogens is 196 g/mol. The number of ether oxygens (including phenoxy) is 1. The first-order valence-electron chi connectivity index (χ1n) is 5.50. The van der Waals surface area contributed by atoms with Crippen LogP contribution in [0, 0.1) is 0 Å². The highest BCUT2D eigenvalue weighted by molar-refractivity contribution is 7.80. The quantitative estimate of drug-likeness (QED) is 0.697. The van der Waals surface area contributed by atoms with E-state index in [0.717, 1.165) is 31.4 Å². The van der Waals surface area contributed by atoms with Gasteiger partial charge in [-0.1, -0.05) is 0 Å². The minimum Gasteiger partial charge on any atom is -0.376 e. The van der Waals surface area contributed by atoms with Gasteiger partial charge in [-0.15, -0.1) is 0 Å². The molecule has 2 aliphatic heterocycles. The van der Waals surface area contributed by atoms with Gasteiger partial charge in [-0.05, 0) is 37.9 Å². The van der Waals surface area contributed by atoms with Gasteiger partial charge in [-0.3, -0.25) is 0 Å². The van der Waals surface area contributed by atoms with Gasteiger partial charge >= 0.3 is 0 Å². The fraction of sp³-hybridized carbons (Fsp3) is 0.900. The molecule has 4 heteroatoms. The number of nitrogens with zero attached hydrogens (tertiary/aromatic N) is 1. The third-order valence-corrected chi connectivity index (χ3v) is 3.30. The lowest BCUT2D eigenvalue weighted by Gasteiger charge is -2.21. The molecular formula is C10H18N2OS. The van der Waals surface area contributed by atoms with Crippen LogP contribution in [0.2, 0.25) is 0 Å². The molecule has 0 amide bonds. The molecule has 0 aliphatic carbocycles. The fourth-order valence-electron chi connectivity index (χ4n) is 2.04. The van der Waals surface area contributed by atoms with Gasteiger partial charge in [0.15, 0.2) is 5.11 Å². The van der Waals surface area contributed by atoms with E-state index in [1.54, 1.807) is 0 Å². The Balaban J connectivity index is 1.66. The van der Waals surface area contributed by atoms with Gasteiger partial charge in [-0.25, -0.2) is 0 Å². The Morgan fingerprint density at radius 3 is 2.79 bits per heavy atom. The topological polar surface area (TPSA) is 24.5 Å². The summed E-state index contributed by atoms with van der Waals surface area (Å²) < 4.78 is 5.53. The Kier molecular flexibility index (Phi) is 3.59. The Hall–Kier alpha value is -0.350. The minimum atomic E-state index is 0.385. The Morgan fingerprint density at radius 2 is 2.14 bits per heavy atom. The van der Waals surface area contributed by atoms with Crippen LogP contribution in [0.1, 0.15) is 25.7 Å². The molecule has 1 unspecified atom stereocenters. The summed E-state index contributed by atoms with van der Waals surface area (Å²) in [6.45, 7) is 4.05. The maximum atomic E-state index is 5.53. The normalized spacial score (nSPS) is 26.9. The minimum absolute atomic E-state index is 0.385. The summed E-state index contributed by atoms with van der Waals surface area (Å²) in [4.78, 5) is 2.25. The molecule has 14 heavy (non-hydrogen) atoms. The average Bonchev–Trinajstić information content (AvgIpc) is 2.87. The molecule has 2 aliphatic rings. The second-order valence-corrected chi connectivity index (χ2v) is 4.40. The smallest absolute Gasteiger partial charge is 0.169 e. The van der Waals surface area contributed by atoms with Crippen LogP contribution in [0.4, 0.5) is 0 Å². The Morgan fingerprint density at radius 1 is 1.36 bits per heavy atom. The first-order valence-corrected chi connectivity index (χ1v) is 5.91. The van der Waals surface area contributed by atoms with Crippen LogP contribution in [0.15, 0.2) is 0 Å². The zero-order valence-corrected chi connectivity index (χ0v) is 9.31. The van der Waals surface area contributed by atoms with Gasteiger partial charge in [0.25, 0.3) is 0 Å². The van der Waals surface area contributed by atoms with Crippen LogP contribution in [0.25, 0.3) is 0 Å². The van der Waals surface area contributed by atoms with Crippen molar-refractivity contribution >= 4 is 17.3 Å². The number of likely N-dealkylation sites (tertiary alicyclic amines) is 1. The van der Waals surface area contributed by atoms with Gasteiger partial charge in [-0.2, -0.15) is 0 Å². The molecule has 2 saturated heterocycles. The maximum absolute atomic E-state index is 5.53. The first-order chi connectivity index (χ1) is 6.86. The predicted octanol–water partition coefficient (Wildman–Crippen LogP) is 1.14. The predicted molar refractivity (Wildman–Crippen MR) is 60.4 cm³/mol. The van der Waals surface area contributed by atoms with Crippen molar-refractivity contribution in [2.24, 2.45) is 0 Å². The SMILES string of the molecule is S=C(NCC1CCCO1)N1CCCC1. The van der Waals surface area contributed by atoms with E-state index in [0.29, 0.717) is 6.10 Å². The largest absolute Gasteiger partial charge is 0.376 e. The highest BCUT2D eigenvalue weighted by atomic mass is 32.1. The van der Waals surface area contributed by atoms with E-state index in [1.165, 1.54) is 25.7 Å². The second kappa shape index (κ2) is 4.94. The molecule has 2 rings (SSSR count). The third kappa shape index (κ3) is 2.58. The van der Waals surface area contributed by atoms with Crippen molar-refractivity contribution in [1.29, 1.82) is 0 Å². The summed E-state index contributed by atoms with van der Waals surface area (Å²) in [7, 11) is 0. The van der Waals surface area contributed by atoms with E-state index in [1.807, 2.05) is 0 Å². The summed E-state index contributed by atoms with van der Waals surface area (Å²) in [5, 5.41) is 4.21. The molecule has 80 valence electrons. The van der Waals surface area contributed by atoms with Crippen LogP contribution in [-0.4, -0.2) is 42.4 Å². The number of nitrogens with one attached hydrogen (secondary N) is 1. The van der Waals surface area contributed by atoms with Gasteiger partial charge < -0.3 is 15.0 Å². The van der Waals surface area contributed by atoms with Gasteiger partial charge in [0.2, 0.25) is 0 Å². The van der Waals surface area contributed by atoms with Crippen LogP contribution < -0.4 is 5.32 Å². The molecule has 0 spiro atoms. The molecule has 1 atom stereocenters. The fourth-order valence-corrected chi connectivity index (χ4v) is 2.30. The lowest BCUT2D eigenvalue weighted by atomic mass is 10.2. The van der Waals surface area contributed by atoms with E-state index in [9.17, 15) is 0 Å². The molecule has 0 radical (unpaired) electrons. The first kappa shape index (κ1) is 10.2. The van der Waals surface area contributed by atoms with Gasteiger partial charge in [0, 0.05) is 26.2 Å². The summed E-state index contributed by atoms with van der Waals surface area (Å²) in [6, 6.07) is 0. The highest BCUT2D eigenvalue weighted by Gasteiger charge is 2.18. The second-order valence-electron chi connectivity index (χ2n) is 4.02. The monoisotopic (exact) mass is 214 g/mol. The Labute approximate surface area is 90.8 Å². The van der Waals surface area contributed by atoms with Crippen molar-refractivity contribution in [2.45, 2.75) is 31.8 Å². The third-order valence-electron chi connectivity index (χ3n) is 2.90. The number of hydrogen-bond donors (Lipinski definition) is 1. The standard InChI is InChI=1S/C10H18N2OS/c14-10(12-5-1-2-6-12)11-8-9-4-3-7-13-9/h9H,1-8H2,(H,11,14). The van der Waals surface area contributed by atoms with Gasteiger partial charge in [0.1, 0.15) is 0 Å². The van der Waals surface area contributed by atoms with Crippen LogP contribution in [0.3, 0.4) is 0 Å². The molecule has 2 heterocycles. The van der Waals surface area contributed by atoms with Crippen molar-refractivity contribution in [2.75, 3.05) is 26.2 Å². The van der Waals surface area contributed by atoms with Crippen molar-refractivity contribution in [3.05, 3.63) is 0 Å². The molecule has 0 aromatic heterocycles. The zero-order valence-electron chi connectivity index (χ0n) is 8.50. The number of rotatable bonds is 2. The van der Waals surface area contributed by atoms with Crippen LogP contribution >= 0.6 is 12.2 Å². The summed E-state index contributed by atoms with van der Waals surface area (Å²) in [5.74, 6) is 0. The van der Waals surface area contributed by atoms with Crippen molar-refractivity contribution in [1.82, 2.24) is 10.2 Å². The molecule has 0 saturated carbocycles. The zero-order chi connectivity index (χ0) is 9.80. The van der Waals surface area contributed by atoms with E-state index in [2.05, 4.69) is 10.2 Å². The maximum Gasteiger partial charge on any atom is 0.169 e. The van der Waals surface area contributed by atoms with Gasteiger partial charge in [0.05, 0.1) is 6.10 Å². The summed E-state index contributed by atoms with van der Waals surface area (Å²) in [5.41, 5.74) is 0. The average molecular weight is 214 g/mol. The van der Waals surface area contributed by atoms with E-state index in [4.69, 9.17) is 17.0 Å².